The number of anilines is 1. The van der Waals surface area contributed by atoms with Gasteiger partial charge in [0.1, 0.15) is 5.75 Å². The van der Waals surface area contributed by atoms with Crippen molar-refractivity contribution in [2.45, 2.75) is 97.5 Å². The first-order valence-corrected chi connectivity index (χ1v) is 17.8. The van der Waals surface area contributed by atoms with Crippen molar-refractivity contribution in [2.75, 3.05) is 33.8 Å². The number of nitrogens with one attached hydrogen (secondary N) is 1. The van der Waals surface area contributed by atoms with E-state index in [1.54, 1.807) is 28.4 Å². The van der Waals surface area contributed by atoms with E-state index in [4.69, 9.17) is 30.5 Å². The van der Waals surface area contributed by atoms with E-state index in [-0.39, 0.29) is 17.1 Å². The molecular weight excluding hydrogens is 695 g/mol. The van der Waals surface area contributed by atoms with Crippen LogP contribution in [0.25, 0.3) is 0 Å². The number of ether oxygens (including phenoxy) is 4. The van der Waals surface area contributed by atoms with Gasteiger partial charge in [0.2, 0.25) is 5.69 Å². The molecule has 0 bridgehead atoms. The van der Waals surface area contributed by atoms with E-state index < -0.39 is 13.0 Å². The molecule has 0 fully saturated rings. The summed E-state index contributed by atoms with van der Waals surface area (Å²) in [5.41, 5.74) is 12.3. The largest absolute Gasteiger partial charge is 0.673 e. The normalized spacial score (nSPS) is 20.2. The van der Waals surface area contributed by atoms with E-state index in [0.29, 0.717) is 0 Å². The number of halogens is 5. The number of hydrogen-bond donors (Lipinski definition) is 1. The summed E-state index contributed by atoms with van der Waals surface area (Å²) in [6.07, 6.45) is 11.7. The molecule has 12 heteroatoms. The molecule has 2 aromatic rings. The first kappa shape index (κ1) is 41.4. The van der Waals surface area contributed by atoms with Crippen LogP contribution >= 0.6 is 11.6 Å². The van der Waals surface area contributed by atoms with Crippen LogP contribution in [0.3, 0.4) is 0 Å². The van der Waals surface area contributed by atoms with E-state index in [2.05, 4.69) is 107 Å². The van der Waals surface area contributed by atoms with E-state index >= 15 is 0 Å². The number of nitrogens with zero attached hydrogens (tertiary/aromatic N) is 1. The zero-order valence-corrected chi connectivity index (χ0v) is 33.1. The number of fused-ring (bicyclic) bond motifs is 2. The summed E-state index contributed by atoms with van der Waals surface area (Å²) in [4.78, 5) is 0. The van der Waals surface area contributed by atoms with Crippen molar-refractivity contribution in [1.29, 1.82) is 0 Å². The summed E-state index contributed by atoms with van der Waals surface area (Å²) < 4.78 is 64.3. The van der Waals surface area contributed by atoms with Crippen LogP contribution in [0, 0.1) is 13.8 Å². The molecule has 1 N–H and O–H groups in total. The van der Waals surface area contributed by atoms with Crippen molar-refractivity contribution < 1.29 is 40.8 Å². The number of allylic oxidation sites excluding steroid dienone is 8. The monoisotopic (exact) mass is 746 g/mol. The van der Waals surface area contributed by atoms with Gasteiger partial charge in [-0.3, -0.25) is 0 Å². The summed E-state index contributed by atoms with van der Waals surface area (Å²) in [6.45, 7) is 17.4. The molecule has 284 valence electrons. The molecule has 2 aromatic carbocycles. The highest BCUT2D eigenvalue weighted by atomic mass is 35.5. The van der Waals surface area contributed by atoms with Gasteiger partial charge in [-0.15, -0.1) is 0 Å². The lowest BCUT2D eigenvalue weighted by Crippen LogP contribution is -2.31. The molecule has 3 aliphatic rings. The minimum Gasteiger partial charge on any atom is -0.497 e. The van der Waals surface area contributed by atoms with Crippen molar-refractivity contribution in [3.8, 4) is 5.75 Å². The van der Waals surface area contributed by atoms with Crippen molar-refractivity contribution in [1.82, 2.24) is 0 Å². The van der Waals surface area contributed by atoms with E-state index in [1.165, 1.54) is 22.5 Å². The Balaban J connectivity index is 0.00000113. The molecule has 2 aliphatic heterocycles. The molecule has 2 heterocycles. The van der Waals surface area contributed by atoms with Crippen LogP contribution in [0.4, 0.5) is 28.6 Å². The topological polar surface area (TPSA) is 52.0 Å². The SMILES string of the molecule is COc1cc(C)c2c(c1)C(C)(C)C(C=CC1=C(Cl)C(=CC=C3Nc4c(C)cc(C(C)(OC)OC)cc4C3(C)C)CCC1)=[N+]2C(C)OC.F[B-](F)(F)F. The number of methoxy groups -OCH3 is 4. The third-order valence-electron chi connectivity index (χ3n) is 10.6. The van der Waals surface area contributed by atoms with Gasteiger partial charge < -0.3 is 41.5 Å². The average Bonchev–Trinajstić information content (AvgIpc) is 3.47. The molecule has 1 atom stereocenters. The first-order chi connectivity index (χ1) is 24.1. The van der Waals surface area contributed by atoms with Gasteiger partial charge in [0.05, 0.1) is 12.5 Å². The molecular formula is C40H52BClF4N2O4. The van der Waals surface area contributed by atoms with E-state index in [9.17, 15) is 17.3 Å². The highest BCUT2D eigenvalue weighted by molar-refractivity contribution is 6.50. The first-order valence-electron chi connectivity index (χ1n) is 17.4. The van der Waals surface area contributed by atoms with Crippen molar-refractivity contribution in [3.05, 3.63) is 98.3 Å². The Hall–Kier alpha value is -3.38. The fourth-order valence-electron chi connectivity index (χ4n) is 7.28. The Labute approximate surface area is 311 Å². The predicted molar refractivity (Wildman–Crippen MR) is 204 cm³/mol. The van der Waals surface area contributed by atoms with E-state index in [1.807, 2.05) is 6.92 Å². The summed E-state index contributed by atoms with van der Waals surface area (Å²) in [6, 6.07) is 8.60. The average molecular weight is 747 g/mol. The smallest absolute Gasteiger partial charge is 0.497 e. The van der Waals surface area contributed by atoms with Crippen LogP contribution < -0.4 is 10.1 Å². The number of benzene rings is 2. The third-order valence-corrected chi connectivity index (χ3v) is 11.1. The molecule has 0 radical (unpaired) electrons. The van der Waals surface area contributed by atoms with Gasteiger partial charge in [0.15, 0.2) is 11.5 Å². The van der Waals surface area contributed by atoms with E-state index in [0.717, 1.165) is 69.3 Å². The quantitative estimate of drug-likeness (QED) is 0.120. The second-order valence-corrected chi connectivity index (χ2v) is 15.0. The third kappa shape index (κ3) is 8.23. The van der Waals surface area contributed by atoms with Crippen molar-refractivity contribution in [2.24, 2.45) is 0 Å². The lowest BCUT2D eigenvalue weighted by Gasteiger charge is -2.29. The minimum atomic E-state index is -6.00. The van der Waals surface area contributed by atoms with Crippen LogP contribution in [-0.4, -0.2) is 52.2 Å². The Morgan fingerprint density at radius 1 is 0.885 bits per heavy atom. The standard InChI is InChI=1S/C40H51ClN2O4.BF4/c1-24-20-29(40(8,46-11)47-12)22-31-36(24)42-33(38(31,4)5)18-16-27-14-13-15-28(35(27)41)17-19-34-39(6,7)32-23-30(45-10)21-25(2)37(32)43(34)26(3)44-9;2-1(3,4)5/h16-23,26H,13-15H2,1-12H3;/q;-1/p+1. The summed E-state index contributed by atoms with van der Waals surface area (Å²) in [5.74, 6) is 0.0573. The zero-order chi connectivity index (χ0) is 39.0. The molecule has 0 saturated heterocycles. The second-order valence-electron chi connectivity index (χ2n) is 14.7. The van der Waals surface area contributed by atoms with Gasteiger partial charge in [-0.25, -0.2) is 0 Å². The maximum Gasteiger partial charge on any atom is 0.673 e. The van der Waals surface area contributed by atoms with Gasteiger partial charge in [0, 0.05) is 72.9 Å². The molecule has 5 rings (SSSR count). The summed E-state index contributed by atoms with van der Waals surface area (Å²) >= 11 is 7.18. The zero-order valence-electron chi connectivity index (χ0n) is 32.4. The number of aryl methyl sites for hydroxylation is 2. The molecule has 1 unspecified atom stereocenters. The molecule has 0 spiro atoms. The second kappa shape index (κ2) is 15.5. The highest BCUT2D eigenvalue weighted by Gasteiger charge is 2.47. The van der Waals surface area contributed by atoms with Crippen molar-refractivity contribution in [3.63, 3.8) is 0 Å². The molecule has 0 amide bonds. The predicted octanol–water partition coefficient (Wildman–Crippen LogP) is 10.9. The summed E-state index contributed by atoms with van der Waals surface area (Å²) in [7, 11) is 0.843. The Kier molecular flexibility index (Phi) is 12.4. The molecule has 0 aromatic heterocycles. The minimum absolute atomic E-state index is 0.135. The maximum absolute atomic E-state index is 9.75. The number of rotatable bonds is 9. The molecule has 0 saturated carbocycles. The van der Waals surface area contributed by atoms with Gasteiger partial charge in [-0.05, 0) is 106 Å². The van der Waals surface area contributed by atoms with Gasteiger partial charge in [-0.2, -0.15) is 4.58 Å². The lowest BCUT2D eigenvalue weighted by molar-refractivity contribution is -0.533. The fraction of sp³-hybridized carbons (Fsp3) is 0.475. The lowest BCUT2D eigenvalue weighted by atomic mass is 9.80. The Morgan fingerprint density at radius 2 is 1.52 bits per heavy atom. The van der Waals surface area contributed by atoms with Gasteiger partial charge >= 0.3 is 7.25 Å². The number of hydrogen-bond acceptors (Lipinski definition) is 5. The van der Waals surface area contributed by atoms with Crippen molar-refractivity contribution >= 4 is 35.9 Å². The highest BCUT2D eigenvalue weighted by Crippen LogP contribution is 2.48. The van der Waals surface area contributed by atoms with Gasteiger partial charge in [-0.1, -0.05) is 37.6 Å². The van der Waals surface area contributed by atoms with Crippen LogP contribution in [-0.2, 0) is 30.8 Å². The Bertz CT molecular complexity index is 1850. The molecule has 1 aliphatic carbocycles. The molecule has 6 nitrogen and oxygen atoms in total. The Morgan fingerprint density at radius 3 is 2.10 bits per heavy atom. The van der Waals surface area contributed by atoms with Crippen LogP contribution in [0.1, 0.15) is 88.6 Å². The molecule has 52 heavy (non-hydrogen) atoms. The maximum atomic E-state index is 9.75. The summed E-state index contributed by atoms with van der Waals surface area (Å²) in [5, 5.41) is 4.56. The van der Waals surface area contributed by atoms with Gasteiger partial charge in [0.25, 0.3) is 6.23 Å². The van der Waals surface area contributed by atoms with Crippen LogP contribution in [0.15, 0.2) is 70.4 Å². The fourth-order valence-corrected chi connectivity index (χ4v) is 7.59. The van der Waals surface area contributed by atoms with Crippen LogP contribution in [0.5, 0.6) is 5.75 Å². The van der Waals surface area contributed by atoms with Crippen LogP contribution in [0.2, 0.25) is 0 Å².